The van der Waals surface area contributed by atoms with Gasteiger partial charge in [0.2, 0.25) is 0 Å². The van der Waals surface area contributed by atoms with E-state index in [0.29, 0.717) is 22.5 Å². The van der Waals surface area contributed by atoms with Gasteiger partial charge in [-0.25, -0.2) is 0 Å². The van der Waals surface area contributed by atoms with Crippen LogP contribution < -0.4 is 0 Å². The van der Waals surface area contributed by atoms with E-state index < -0.39 is 0 Å². The average molecular weight is 286 g/mol. The molecule has 4 atom stereocenters. The standard InChI is InChI=1S/C20H30O/c1-19(2)10-9-16-15-5-4-13-12-14(21)8-11-20(13,3)18(15)7-6-17(16)19/h13,15,18H,4-12H2,1-3H3/t13?,15-,18-,20-/m0/s1. The van der Waals surface area contributed by atoms with Crippen LogP contribution in [0.5, 0.6) is 0 Å². The zero-order valence-corrected chi connectivity index (χ0v) is 14.0. The molecule has 1 unspecified atom stereocenters. The Balaban J connectivity index is 1.68. The lowest BCUT2D eigenvalue weighted by molar-refractivity contribution is -0.129. The Morgan fingerprint density at radius 2 is 1.76 bits per heavy atom. The van der Waals surface area contributed by atoms with Gasteiger partial charge in [0.25, 0.3) is 0 Å². The van der Waals surface area contributed by atoms with Gasteiger partial charge in [0, 0.05) is 12.8 Å². The lowest BCUT2D eigenvalue weighted by Gasteiger charge is -2.55. The van der Waals surface area contributed by atoms with Gasteiger partial charge < -0.3 is 0 Å². The summed E-state index contributed by atoms with van der Waals surface area (Å²) in [5, 5.41) is 0. The van der Waals surface area contributed by atoms with E-state index in [1.54, 1.807) is 0 Å². The van der Waals surface area contributed by atoms with E-state index in [1.807, 2.05) is 11.1 Å². The fourth-order valence-corrected chi connectivity index (χ4v) is 6.52. The predicted molar refractivity (Wildman–Crippen MR) is 85.9 cm³/mol. The first-order valence-electron chi connectivity index (χ1n) is 9.16. The van der Waals surface area contributed by atoms with Crippen LogP contribution in [0.25, 0.3) is 0 Å². The van der Waals surface area contributed by atoms with E-state index in [1.165, 1.54) is 44.9 Å². The number of carbonyl (C=O) groups excluding carboxylic acids is 1. The molecule has 4 rings (SSSR count). The molecule has 0 aromatic carbocycles. The molecule has 0 bridgehead atoms. The van der Waals surface area contributed by atoms with Crippen molar-refractivity contribution in [3.05, 3.63) is 11.1 Å². The van der Waals surface area contributed by atoms with E-state index in [4.69, 9.17) is 0 Å². The first-order valence-corrected chi connectivity index (χ1v) is 9.16. The number of fused-ring (bicyclic) bond motifs is 4. The smallest absolute Gasteiger partial charge is 0.133 e. The molecule has 0 spiro atoms. The van der Waals surface area contributed by atoms with Gasteiger partial charge in [-0.05, 0) is 73.5 Å². The summed E-state index contributed by atoms with van der Waals surface area (Å²) in [6, 6.07) is 0. The molecule has 0 aromatic rings. The second-order valence-electron chi connectivity index (χ2n) is 9.16. The highest BCUT2D eigenvalue weighted by Crippen LogP contribution is 2.63. The van der Waals surface area contributed by atoms with Crippen molar-refractivity contribution in [3.63, 3.8) is 0 Å². The van der Waals surface area contributed by atoms with Gasteiger partial charge in [0.05, 0.1) is 0 Å². The van der Waals surface area contributed by atoms with Crippen molar-refractivity contribution >= 4 is 5.78 Å². The quantitative estimate of drug-likeness (QED) is 0.552. The molecule has 2 saturated carbocycles. The van der Waals surface area contributed by atoms with Crippen molar-refractivity contribution in [1.82, 2.24) is 0 Å². The highest BCUT2D eigenvalue weighted by atomic mass is 16.1. The molecule has 0 aromatic heterocycles. The second kappa shape index (κ2) is 4.46. The number of allylic oxidation sites excluding steroid dienone is 2. The molecule has 0 aliphatic heterocycles. The Hall–Kier alpha value is -0.590. The molecule has 2 fully saturated rings. The number of hydrogen-bond acceptors (Lipinski definition) is 1. The third kappa shape index (κ3) is 1.92. The first kappa shape index (κ1) is 14.0. The lowest BCUT2D eigenvalue weighted by Crippen LogP contribution is -2.48. The summed E-state index contributed by atoms with van der Waals surface area (Å²) in [5.41, 5.74) is 4.63. The van der Waals surface area contributed by atoms with E-state index >= 15 is 0 Å². The molecular weight excluding hydrogens is 256 g/mol. The minimum Gasteiger partial charge on any atom is -0.300 e. The zero-order valence-electron chi connectivity index (χ0n) is 14.0. The van der Waals surface area contributed by atoms with Crippen molar-refractivity contribution in [2.45, 2.75) is 78.6 Å². The van der Waals surface area contributed by atoms with Crippen LogP contribution in [0.1, 0.15) is 78.6 Å². The number of hydrogen-bond donors (Lipinski definition) is 0. The molecule has 21 heavy (non-hydrogen) atoms. The molecule has 1 nitrogen and oxygen atoms in total. The summed E-state index contributed by atoms with van der Waals surface area (Å²) in [5.74, 6) is 2.96. The summed E-state index contributed by atoms with van der Waals surface area (Å²) in [4.78, 5) is 11.9. The number of Topliss-reactive ketones (excluding diaryl/α,β-unsaturated/α-hetero) is 1. The monoisotopic (exact) mass is 286 g/mol. The van der Waals surface area contributed by atoms with Crippen molar-refractivity contribution in [2.75, 3.05) is 0 Å². The van der Waals surface area contributed by atoms with Crippen LogP contribution in [0.2, 0.25) is 0 Å². The molecule has 4 aliphatic carbocycles. The Kier molecular flexibility index (Phi) is 2.98. The van der Waals surface area contributed by atoms with Crippen LogP contribution in [-0.4, -0.2) is 5.78 Å². The summed E-state index contributed by atoms with van der Waals surface area (Å²) in [6.07, 6.45) is 11.1. The minimum atomic E-state index is 0.460. The maximum Gasteiger partial charge on any atom is 0.133 e. The molecule has 1 heteroatoms. The maximum absolute atomic E-state index is 11.9. The second-order valence-corrected chi connectivity index (χ2v) is 9.16. The number of carbonyl (C=O) groups is 1. The van der Waals surface area contributed by atoms with Crippen molar-refractivity contribution in [1.29, 1.82) is 0 Å². The Labute approximate surface area is 129 Å². The van der Waals surface area contributed by atoms with Crippen molar-refractivity contribution in [3.8, 4) is 0 Å². The molecular formula is C20H30O. The predicted octanol–water partition coefficient (Wildman–Crippen LogP) is 5.30. The Bertz CT molecular complexity index is 512. The van der Waals surface area contributed by atoms with Gasteiger partial charge in [-0.1, -0.05) is 31.9 Å². The van der Waals surface area contributed by atoms with Gasteiger partial charge in [0.1, 0.15) is 5.78 Å². The third-order valence-corrected chi connectivity index (χ3v) is 7.88. The molecule has 0 heterocycles. The van der Waals surface area contributed by atoms with Crippen molar-refractivity contribution < 1.29 is 4.79 Å². The van der Waals surface area contributed by atoms with Gasteiger partial charge >= 0.3 is 0 Å². The van der Waals surface area contributed by atoms with Crippen LogP contribution in [0.3, 0.4) is 0 Å². The van der Waals surface area contributed by atoms with Crippen LogP contribution in [-0.2, 0) is 4.79 Å². The summed E-state index contributed by atoms with van der Waals surface area (Å²) < 4.78 is 0. The topological polar surface area (TPSA) is 17.1 Å². The highest BCUT2D eigenvalue weighted by Gasteiger charge is 2.53. The molecule has 0 radical (unpaired) electrons. The molecule has 4 aliphatic rings. The van der Waals surface area contributed by atoms with Crippen LogP contribution in [0.15, 0.2) is 11.1 Å². The van der Waals surface area contributed by atoms with Crippen LogP contribution in [0, 0.1) is 28.6 Å². The minimum absolute atomic E-state index is 0.460. The summed E-state index contributed by atoms with van der Waals surface area (Å²) >= 11 is 0. The molecule has 0 amide bonds. The molecule has 0 N–H and O–H groups in total. The van der Waals surface area contributed by atoms with Gasteiger partial charge in [-0.15, -0.1) is 0 Å². The van der Waals surface area contributed by atoms with Gasteiger partial charge in [-0.3, -0.25) is 4.79 Å². The van der Waals surface area contributed by atoms with E-state index in [2.05, 4.69) is 20.8 Å². The normalized spacial score (nSPS) is 45.1. The van der Waals surface area contributed by atoms with Crippen LogP contribution >= 0.6 is 0 Å². The number of rotatable bonds is 0. The Morgan fingerprint density at radius 1 is 0.952 bits per heavy atom. The van der Waals surface area contributed by atoms with Gasteiger partial charge in [0.15, 0.2) is 0 Å². The van der Waals surface area contributed by atoms with E-state index in [9.17, 15) is 4.79 Å². The molecule has 0 saturated heterocycles. The molecule has 116 valence electrons. The largest absolute Gasteiger partial charge is 0.300 e. The zero-order chi connectivity index (χ0) is 14.8. The van der Waals surface area contributed by atoms with Crippen molar-refractivity contribution in [2.24, 2.45) is 28.6 Å². The fourth-order valence-electron chi connectivity index (χ4n) is 6.52. The highest BCUT2D eigenvalue weighted by molar-refractivity contribution is 5.79. The third-order valence-electron chi connectivity index (χ3n) is 7.88. The SMILES string of the molecule is CC1(C)CCC2=C1CC[C@H]1[C@H]2CCC2CC(=O)CC[C@@]21C. The van der Waals surface area contributed by atoms with E-state index in [0.717, 1.165) is 24.7 Å². The first-order chi connectivity index (χ1) is 9.92. The maximum atomic E-state index is 11.9. The number of ketones is 1. The summed E-state index contributed by atoms with van der Waals surface area (Å²) in [7, 11) is 0. The average Bonchev–Trinajstić information content (AvgIpc) is 2.76. The van der Waals surface area contributed by atoms with E-state index in [-0.39, 0.29) is 0 Å². The van der Waals surface area contributed by atoms with Gasteiger partial charge in [-0.2, -0.15) is 0 Å². The fraction of sp³-hybridized carbons (Fsp3) is 0.850. The lowest BCUT2D eigenvalue weighted by atomic mass is 9.49. The summed E-state index contributed by atoms with van der Waals surface area (Å²) in [6.45, 7) is 7.46. The van der Waals surface area contributed by atoms with Crippen LogP contribution in [0.4, 0.5) is 0 Å². The Morgan fingerprint density at radius 3 is 2.57 bits per heavy atom.